The van der Waals surface area contributed by atoms with E-state index in [1.54, 1.807) is 0 Å². The number of unbranched alkanes of at least 4 members (excludes halogenated alkanes) is 14. The SMILES string of the molecule is CCCCCCCCCCCC[C@@H](OC(=O)[C@](OC)(c1ccccc1)C(F)(F)F)[C@H]1CC[C@H]([C@@H](CC(CCCCC(=O)CCCCCCCC2=C[C@H](C)OC2=O)OC(C)=O)OC(=O)[C@](OC)(c2ccccc2)C(F)(F)F)O1. The summed E-state index contributed by atoms with van der Waals surface area (Å²) in [4.78, 5) is 65.6. The molecule has 2 aliphatic heterocycles. The smallest absolute Gasteiger partial charge is 0.432 e. The molecule has 0 bridgehead atoms. The molecule has 4 rings (SSSR count). The summed E-state index contributed by atoms with van der Waals surface area (Å²) in [7, 11) is 1.49. The number of carbonyl (C=O) groups excluding carboxylic acids is 5. The van der Waals surface area contributed by atoms with Crippen LogP contribution in [-0.4, -0.2) is 92.9 Å². The highest BCUT2D eigenvalue weighted by Gasteiger charge is 2.66. The van der Waals surface area contributed by atoms with E-state index in [1.165, 1.54) is 42.8 Å². The first-order valence-corrected chi connectivity index (χ1v) is 27.8. The molecular formula is C59H82F6O12. The molecule has 0 amide bonds. The van der Waals surface area contributed by atoms with Gasteiger partial charge < -0.3 is 33.2 Å². The van der Waals surface area contributed by atoms with E-state index in [1.807, 2.05) is 13.0 Å². The first-order chi connectivity index (χ1) is 36.7. The van der Waals surface area contributed by atoms with Gasteiger partial charge in [-0.1, -0.05) is 145 Å². The number of Topliss-reactive ketones (excluding diaryl/α,β-unsaturated/α-hetero) is 1. The van der Waals surface area contributed by atoms with Crippen molar-refractivity contribution in [3.8, 4) is 0 Å². The third-order valence-electron chi connectivity index (χ3n) is 14.6. The number of halogens is 6. The van der Waals surface area contributed by atoms with Crippen LogP contribution < -0.4 is 0 Å². The topological polar surface area (TPSA) is 150 Å². The van der Waals surface area contributed by atoms with Gasteiger partial charge in [0.1, 0.15) is 30.2 Å². The van der Waals surface area contributed by atoms with E-state index in [9.17, 15) is 24.0 Å². The summed E-state index contributed by atoms with van der Waals surface area (Å²) < 4.78 is 130. The summed E-state index contributed by atoms with van der Waals surface area (Å²) in [5.74, 6) is -4.52. The van der Waals surface area contributed by atoms with Crippen molar-refractivity contribution in [1.29, 1.82) is 0 Å². The van der Waals surface area contributed by atoms with Crippen molar-refractivity contribution in [3.63, 3.8) is 0 Å². The molecule has 8 atom stereocenters. The Morgan fingerprint density at radius 1 is 0.597 bits per heavy atom. The number of rotatable bonds is 37. The van der Waals surface area contributed by atoms with Gasteiger partial charge in [0.25, 0.3) is 11.2 Å². The quantitative estimate of drug-likeness (QED) is 0.0274. The average molecular weight is 1100 g/mol. The molecule has 0 aliphatic carbocycles. The van der Waals surface area contributed by atoms with Crippen molar-refractivity contribution >= 4 is 29.7 Å². The molecule has 1 saturated heterocycles. The zero-order valence-corrected chi connectivity index (χ0v) is 45.7. The fraction of sp³-hybridized carbons (Fsp3) is 0.678. The van der Waals surface area contributed by atoms with Crippen LogP contribution in [0.5, 0.6) is 0 Å². The Morgan fingerprint density at radius 3 is 1.51 bits per heavy atom. The molecule has 2 aromatic carbocycles. The van der Waals surface area contributed by atoms with Gasteiger partial charge in [-0.05, 0) is 77.2 Å². The zero-order valence-electron chi connectivity index (χ0n) is 45.7. The van der Waals surface area contributed by atoms with Gasteiger partial charge in [-0.15, -0.1) is 0 Å². The third kappa shape index (κ3) is 19.2. The molecule has 12 nitrogen and oxygen atoms in total. The van der Waals surface area contributed by atoms with Crippen LogP contribution in [-0.2, 0) is 68.3 Å². The van der Waals surface area contributed by atoms with Gasteiger partial charge >= 0.3 is 36.2 Å². The van der Waals surface area contributed by atoms with Gasteiger partial charge in [-0.25, -0.2) is 14.4 Å². The number of ether oxygens (including phenoxy) is 7. The Labute approximate surface area is 451 Å². The van der Waals surface area contributed by atoms with Crippen molar-refractivity contribution in [3.05, 3.63) is 83.4 Å². The molecular weight excluding hydrogens is 1010 g/mol. The molecule has 0 N–H and O–H groups in total. The number of esters is 4. The highest BCUT2D eigenvalue weighted by Crippen LogP contribution is 2.46. The Hall–Kier alpha value is -4.81. The normalized spacial score (nSPS) is 19.5. The van der Waals surface area contributed by atoms with Crippen LogP contribution in [0, 0.1) is 0 Å². The van der Waals surface area contributed by atoms with Crippen molar-refractivity contribution < 1.29 is 83.5 Å². The van der Waals surface area contributed by atoms with E-state index in [0.717, 1.165) is 116 Å². The van der Waals surface area contributed by atoms with Crippen molar-refractivity contribution in [2.45, 2.75) is 241 Å². The highest BCUT2D eigenvalue weighted by molar-refractivity contribution is 5.90. The first kappa shape index (κ1) is 64.7. The summed E-state index contributed by atoms with van der Waals surface area (Å²) in [5.41, 5.74) is -7.52. The minimum absolute atomic E-state index is 0.00724. The summed E-state index contributed by atoms with van der Waals surface area (Å²) in [6.45, 7) is 5.11. The standard InChI is InChI=1S/C59H82F6O12/c1-6-7-8-9-10-11-12-13-17-26-37-49(76-54(69)56(71-4,58(60,61)62)45-30-21-18-22-31-45)50-38-39-51(75-50)52(77-55(70)57(72-5,59(63,64)65)46-32-23-19-24-33-46)41-48(74-43(3)66)36-28-27-35-47(67)34-25-16-14-15-20-29-44-40-42(2)73-53(44)68/h18-19,21-24,30-33,40,42,48-52H,6-17,20,25-29,34-39,41H2,1-5H3/t42-,48?,49+,50+,51+,52+,56+,57+/m0/s1. The van der Waals surface area contributed by atoms with Crippen molar-refractivity contribution in [2.75, 3.05) is 14.2 Å². The molecule has 2 aromatic rings. The maximum absolute atomic E-state index is 15.3. The van der Waals surface area contributed by atoms with Gasteiger partial charge in [0.2, 0.25) is 0 Å². The average Bonchev–Trinajstić information content (AvgIpc) is 4.04. The van der Waals surface area contributed by atoms with E-state index in [2.05, 4.69) is 6.92 Å². The van der Waals surface area contributed by atoms with E-state index >= 15 is 26.3 Å². The number of cyclic esters (lactones) is 1. The summed E-state index contributed by atoms with van der Waals surface area (Å²) in [5, 5.41) is 0. The molecule has 1 unspecified atom stereocenters. The molecule has 2 aliphatic rings. The van der Waals surface area contributed by atoms with Gasteiger partial charge in [-0.3, -0.25) is 9.59 Å². The van der Waals surface area contributed by atoms with Crippen molar-refractivity contribution in [2.24, 2.45) is 0 Å². The van der Waals surface area contributed by atoms with Crippen LogP contribution in [0.1, 0.15) is 192 Å². The van der Waals surface area contributed by atoms with Gasteiger partial charge in [0.05, 0.1) is 12.2 Å². The molecule has 2 heterocycles. The predicted octanol–water partition coefficient (Wildman–Crippen LogP) is 13.9. The number of methoxy groups -OCH3 is 2. The number of hydrogen-bond donors (Lipinski definition) is 0. The Bertz CT molecular complexity index is 2130. The maximum atomic E-state index is 15.3. The monoisotopic (exact) mass is 1100 g/mol. The van der Waals surface area contributed by atoms with Crippen molar-refractivity contribution in [1.82, 2.24) is 0 Å². The van der Waals surface area contributed by atoms with E-state index in [0.29, 0.717) is 50.5 Å². The van der Waals surface area contributed by atoms with Gasteiger partial charge in [0.15, 0.2) is 0 Å². The second-order valence-electron chi connectivity index (χ2n) is 20.5. The molecule has 0 saturated carbocycles. The Balaban J connectivity index is 1.53. The highest BCUT2D eigenvalue weighted by atomic mass is 19.4. The molecule has 0 radical (unpaired) electrons. The van der Waals surface area contributed by atoms with Crippen LogP contribution in [0.2, 0.25) is 0 Å². The third-order valence-corrected chi connectivity index (χ3v) is 14.6. The van der Waals surface area contributed by atoms with Crippen LogP contribution in [0.4, 0.5) is 26.3 Å². The fourth-order valence-corrected chi connectivity index (χ4v) is 10.4. The lowest BCUT2D eigenvalue weighted by atomic mass is 9.92. The van der Waals surface area contributed by atoms with E-state index < -0.39 is 83.1 Å². The Kier molecular flexibility index (Phi) is 27.2. The number of benzene rings is 2. The minimum atomic E-state index is -5.35. The molecule has 0 aromatic heterocycles. The van der Waals surface area contributed by atoms with Gasteiger partial charge in [0, 0.05) is 57.1 Å². The van der Waals surface area contributed by atoms with Crippen LogP contribution >= 0.6 is 0 Å². The second-order valence-corrected chi connectivity index (χ2v) is 20.5. The lowest BCUT2D eigenvalue weighted by Crippen LogP contribution is -2.54. The fourth-order valence-electron chi connectivity index (χ4n) is 10.4. The van der Waals surface area contributed by atoms with Gasteiger partial charge in [-0.2, -0.15) is 26.3 Å². The lowest BCUT2D eigenvalue weighted by Gasteiger charge is -2.36. The summed E-state index contributed by atoms with van der Waals surface area (Å²) >= 11 is 0. The lowest BCUT2D eigenvalue weighted by molar-refractivity contribution is -0.280. The van der Waals surface area contributed by atoms with Crippen LogP contribution in [0.15, 0.2) is 72.3 Å². The number of alkyl halides is 6. The number of ketones is 1. The van der Waals surface area contributed by atoms with Crippen LogP contribution in [0.3, 0.4) is 0 Å². The molecule has 0 spiro atoms. The number of hydrogen-bond acceptors (Lipinski definition) is 12. The Morgan fingerprint density at radius 2 is 1.04 bits per heavy atom. The first-order valence-electron chi connectivity index (χ1n) is 27.8. The summed E-state index contributed by atoms with van der Waals surface area (Å²) in [6.07, 6.45) is 0.364. The second kappa shape index (κ2) is 32.3. The molecule has 18 heteroatoms. The molecule has 1 fully saturated rings. The molecule has 432 valence electrons. The minimum Gasteiger partial charge on any atom is -0.462 e. The van der Waals surface area contributed by atoms with E-state index in [4.69, 9.17) is 33.2 Å². The maximum Gasteiger partial charge on any atom is 0.432 e. The summed E-state index contributed by atoms with van der Waals surface area (Å²) in [6, 6.07) is 12.6. The van der Waals surface area contributed by atoms with E-state index in [-0.39, 0.29) is 56.4 Å². The predicted molar refractivity (Wildman–Crippen MR) is 276 cm³/mol. The molecule has 77 heavy (non-hydrogen) atoms. The number of carbonyl (C=O) groups is 5. The largest absolute Gasteiger partial charge is 0.462 e. The zero-order chi connectivity index (χ0) is 56.5. The van der Waals surface area contributed by atoms with Crippen LogP contribution in [0.25, 0.3) is 0 Å².